The van der Waals surface area contributed by atoms with Crippen molar-refractivity contribution in [3.8, 4) is 34.0 Å². The molecule has 1 aliphatic carbocycles. The van der Waals surface area contributed by atoms with Crippen LogP contribution in [0, 0.1) is 5.92 Å². The maximum Gasteiger partial charge on any atom is 0.224 e. The van der Waals surface area contributed by atoms with Gasteiger partial charge in [0.2, 0.25) is 5.91 Å². The average molecular weight is 529 g/mol. The molecule has 1 amide bonds. The predicted molar refractivity (Wildman–Crippen MR) is 155 cm³/mol. The zero-order valence-electron chi connectivity index (χ0n) is 21.9. The van der Waals surface area contributed by atoms with Crippen LogP contribution in [0.1, 0.15) is 38.5 Å². The molecule has 0 radical (unpaired) electrons. The summed E-state index contributed by atoms with van der Waals surface area (Å²) in [7, 11) is 0. The normalized spacial score (nSPS) is 14.1. The fraction of sp³-hybridized carbons (Fsp3) is 0.226. The monoisotopic (exact) mass is 528 g/mol. The number of rotatable bonds is 6. The minimum Gasteiger partial charge on any atom is -0.353 e. The molecule has 6 aromatic rings. The highest BCUT2D eigenvalue weighted by Gasteiger charge is 2.18. The van der Waals surface area contributed by atoms with Gasteiger partial charge in [0.05, 0.1) is 46.4 Å². The van der Waals surface area contributed by atoms with Crippen LogP contribution in [0.3, 0.4) is 0 Å². The second-order valence-corrected chi connectivity index (χ2v) is 10.4. The summed E-state index contributed by atoms with van der Waals surface area (Å²) in [6.45, 7) is 0. The number of H-pyrrole nitrogens is 2. The number of amides is 1. The second kappa shape index (κ2) is 10.3. The smallest absolute Gasteiger partial charge is 0.224 e. The van der Waals surface area contributed by atoms with Crippen molar-refractivity contribution in [3.05, 3.63) is 73.4 Å². The van der Waals surface area contributed by atoms with Crippen LogP contribution in [0.4, 0.5) is 5.69 Å². The maximum atomic E-state index is 12.7. The van der Waals surface area contributed by atoms with E-state index in [9.17, 15) is 4.79 Å². The van der Waals surface area contributed by atoms with Crippen molar-refractivity contribution in [3.63, 3.8) is 0 Å². The SMILES string of the molecule is O=C(CC1CCCCC1)Nc1cncc(-c2cc3c(-c4cc5c(-c6ccccn6)nccc5[nH]4)n[nH]c3cn2)c1. The highest BCUT2D eigenvalue weighted by Crippen LogP contribution is 2.33. The summed E-state index contributed by atoms with van der Waals surface area (Å²) >= 11 is 0. The highest BCUT2D eigenvalue weighted by molar-refractivity contribution is 6.00. The Morgan fingerprint density at radius 3 is 2.62 bits per heavy atom. The van der Waals surface area contributed by atoms with Gasteiger partial charge in [0.15, 0.2) is 0 Å². The molecule has 6 heterocycles. The quantitative estimate of drug-likeness (QED) is 0.226. The van der Waals surface area contributed by atoms with Crippen molar-refractivity contribution in [2.24, 2.45) is 5.92 Å². The minimum atomic E-state index is 0.0461. The lowest BCUT2D eigenvalue weighted by atomic mass is 9.87. The molecule has 198 valence electrons. The molecule has 7 rings (SSSR count). The molecule has 1 fully saturated rings. The van der Waals surface area contributed by atoms with E-state index in [-0.39, 0.29) is 5.91 Å². The predicted octanol–water partition coefficient (Wildman–Crippen LogP) is 6.53. The molecule has 0 atom stereocenters. The summed E-state index contributed by atoms with van der Waals surface area (Å²) in [4.78, 5) is 34.3. The standard InChI is InChI=1S/C31H28N8O/c40-29(12-19-6-2-1-3-7-19)36-21-13-20(16-32-17-21)26-14-23-28(18-35-26)38-39-31(23)27-15-22-24(37-27)9-11-34-30(22)25-8-4-5-10-33-25/h4-5,8-11,13-19,37H,1-3,6-7,12H2,(H,36,40)(H,38,39). The Hall–Kier alpha value is -4.92. The molecular formula is C31H28N8O. The number of carbonyl (C=O) groups excluding carboxylic acids is 1. The molecule has 6 aromatic heterocycles. The largest absolute Gasteiger partial charge is 0.353 e. The van der Waals surface area contributed by atoms with E-state index in [1.54, 1.807) is 31.0 Å². The molecule has 3 N–H and O–H groups in total. The van der Waals surface area contributed by atoms with Gasteiger partial charge >= 0.3 is 0 Å². The van der Waals surface area contributed by atoms with E-state index in [0.29, 0.717) is 18.0 Å². The molecule has 0 unspecified atom stereocenters. The van der Waals surface area contributed by atoms with Crippen LogP contribution in [-0.2, 0) is 4.79 Å². The van der Waals surface area contributed by atoms with Crippen molar-refractivity contribution in [1.82, 2.24) is 35.1 Å². The number of nitrogens with one attached hydrogen (secondary N) is 3. The zero-order valence-corrected chi connectivity index (χ0v) is 21.9. The number of hydrogen-bond acceptors (Lipinski definition) is 6. The van der Waals surface area contributed by atoms with E-state index in [1.807, 2.05) is 36.4 Å². The van der Waals surface area contributed by atoms with E-state index in [0.717, 1.165) is 68.7 Å². The van der Waals surface area contributed by atoms with Crippen LogP contribution in [0.5, 0.6) is 0 Å². The molecule has 1 saturated carbocycles. The number of aromatic amines is 2. The Morgan fingerprint density at radius 2 is 1.75 bits per heavy atom. The molecule has 0 aromatic carbocycles. The first-order chi connectivity index (χ1) is 19.7. The van der Waals surface area contributed by atoms with E-state index < -0.39 is 0 Å². The molecule has 40 heavy (non-hydrogen) atoms. The average Bonchev–Trinajstić information content (AvgIpc) is 3.62. The number of aromatic nitrogens is 7. The lowest BCUT2D eigenvalue weighted by Crippen LogP contribution is -2.18. The molecule has 1 aliphatic rings. The van der Waals surface area contributed by atoms with Gasteiger partial charge in [-0.2, -0.15) is 5.10 Å². The third-order valence-electron chi connectivity index (χ3n) is 7.67. The van der Waals surface area contributed by atoms with Crippen LogP contribution in [0.2, 0.25) is 0 Å². The number of hydrogen-bond donors (Lipinski definition) is 3. The fourth-order valence-electron chi connectivity index (χ4n) is 5.68. The zero-order chi connectivity index (χ0) is 26.9. The summed E-state index contributed by atoms with van der Waals surface area (Å²) < 4.78 is 0. The van der Waals surface area contributed by atoms with Crippen LogP contribution < -0.4 is 5.32 Å². The van der Waals surface area contributed by atoms with Gasteiger partial charge in [-0.3, -0.25) is 29.8 Å². The van der Waals surface area contributed by atoms with Crippen LogP contribution in [0.25, 0.3) is 55.8 Å². The van der Waals surface area contributed by atoms with Gasteiger partial charge in [-0.05, 0) is 55.2 Å². The number of carbonyl (C=O) groups is 1. The first kappa shape index (κ1) is 24.1. The number of anilines is 1. The van der Waals surface area contributed by atoms with Gasteiger partial charge in [-0.15, -0.1) is 0 Å². The molecule has 0 spiro atoms. The van der Waals surface area contributed by atoms with Crippen LogP contribution >= 0.6 is 0 Å². The first-order valence-electron chi connectivity index (χ1n) is 13.7. The lowest BCUT2D eigenvalue weighted by molar-refractivity contribution is -0.117. The van der Waals surface area contributed by atoms with Crippen molar-refractivity contribution < 1.29 is 4.79 Å². The first-order valence-corrected chi connectivity index (χ1v) is 13.7. The molecule has 0 bridgehead atoms. The van der Waals surface area contributed by atoms with E-state index in [1.165, 1.54) is 19.3 Å². The Bertz CT molecular complexity index is 1820. The van der Waals surface area contributed by atoms with Gasteiger partial charge in [0, 0.05) is 46.9 Å². The molecule has 0 saturated heterocycles. The topological polar surface area (TPSA) is 125 Å². The van der Waals surface area contributed by atoms with Gasteiger partial charge in [-0.25, -0.2) is 0 Å². The number of pyridine rings is 4. The van der Waals surface area contributed by atoms with Gasteiger partial charge < -0.3 is 10.3 Å². The van der Waals surface area contributed by atoms with Crippen molar-refractivity contribution in [1.29, 1.82) is 0 Å². The third kappa shape index (κ3) is 4.70. The second-order valence-electron chi connectivity index (χ2n) is 10.4. The molecular weight excluding hydrogens is 500 g/mol. The van der Waals surface area contributed by atoms with Gasteiger partial charge in [-0.1, -0.05) is 25.3 Å². The third-order valence-corrected chi connectivity index (χ3v) is 7.67. The lowest BCUT2D eigenvalue weighted by Gasteiger charge is -2.20. The Labute approximate surface area is 230 Å². The summed E-state index contributed by atoms with van der Waals surface area (Å²) in [6, 6.07) is 13.7. The molecule has 0 aliphatic heterocycles. The number of nitrogens with zero attached hydrogens (tertiary/aromatic N) is 5. The fourth-order valence-corrected chi connectivity index (χ4v) is 5.68. The van der Waals surface area contributed by atoms with Crippen molar-refractivity contribution in [2.45, 2.75) is 38.5 Å². The van der Waals surface area contributed by atoms with Crippen LogP contribution in [-0.4, -0.2) is 41.0 Å². The van der Waals surface area contributed by atoms with Gasteiger partial charge in [0.25, 0.3) is 0 Å². The summed E-state index contributed by atoms with van der Waals surface area (Å²) in [5, 5.41) is 12.6. The van der Waals surface area contributed by atoms with Crippen molar-refractivity contribution in [2.75, 3.05) is 5.32 Å². The van der Waals surface area contributed by atoms with E-state index in [2.05, 4.69) is 46.5 Å². The number of fused-ring (bicyclic) bond motifs is 2. The van der Waals surface area contributed by atoms with E-state index in [4.69, 9.17) is 0 Å². The molecule has 9 nitrogen and oxygen atoms in total. The summed E-state index contributed by atoms with van der Waals surface area (Å²) in [5.41, 5.74) is 7.31. The molecule has 9 heteroatoms. The Kier molecular flexibility index (Phi) is 6.24. The van der Waals surface area contributed by atoms with Crippen molar-refractivity contribution >= 4 is 33.4 Å². The minimum absolute atomic E-state index is 0.0461. The maximum absolute atomic E-state index is 12.7. The Morgan fingerprint density at radius 1 is 0.850 bits per heavy atom. The summed E-state index contributed by atoms with van der Waals surface area (Å²) in [6.07, 6.45) is 15.3. The van der Waals surface area contributed by atoms with Crippen LogP contribution in [0.15, 0.2) is 73.4 Å². The summed E-state index contributed by atoms with van der Waals surface area (Å²) in [5.74, 6) is 0.527. The Balaban J connectivity index is 1.19. The highest BCUT2D eigenvalue weighted by atomic mass is 16.1. The van der Waals surface area contributed by atoms with Gasteiger partial charge in [0.1, 0.15) is 5.69 Å². The van der Waals surface area contributed by atoms with E-state index >= 15 is 0 Å².